The van der Waals surface area contributed by atoms with Gasteiger partial charge in [-0.25, -0.2) is 0 Å². The van der Waals surface area contributed by atoms with Crippen molar-refractivity contribution in [2.45, 2.75) is 26.1 Å². The average molecular weight is 381 g/mol. The molecule has 0 spiro atoms. The monoisotopic (exact) mass is 381 g/mol. The van der Waals surface area contributed by atoms with Gasteiger partial charge in [0, 0.05) is 12.1 Å². The summed E-state index contributed by atoms with van der Waals surface area (Å²) in [4.78, 5) is 12.3. The lowest BCUT2D eigenvalue weighted by Crippen LogP contribution is -2.33. The first kappa shape index (κ1) is 20.8. The van der Waals surface area contributed by atoms with Crippen molar-refractivity contribution in [3.63, 3.8) is 0 Å². The lowest BCUT2D eigenvalue weighted by molar-refractivity contribution is -0.146. The number of carboxylic acids is 1. The second-order valence-corrected chi connectivity index (χ2v) is 6.18. The van der Waals surface area contributed by atoms with Crippen LogP contribution in [-0.2, 0) is 17.8 Å². The molecule has 2 aromatic rings. The molecule has 146 valence electrons. The highest BCUT2D eigenvalue weighted by molar-refractivity contribution is 5.76. The zero-order valence-electron chi connectivity index (χ0n) is 15.2. The number of methoxy groups -OCH3 is 1. The fourth-order valence-corrected chi connectivity index (χ4v) is 2.95. The van der Waals surface area contributed by atoms with Crippen molar-refractivity contribution in [2.24, 2.45) is 0 Å². The van der Waals surface area contributed by atoms with Gasteiger partial charge in [-0.3, -0.25) is 9.69 Å². The third kappa shape index (κ3) is 5.99. The Labute approximate surface area is 156 Å². The van der Waals surface area contributed by atoms with Crippen LogP contribution in [0.4, 0.5) is 13.2 Å². The second-order valence-electron chi connectivity index (χ2n) is 6.18. The van der Waals surface area contributed by atoms with Gasteiger partial charge in [0.15, 0.2) is 0 Å². The topological polar surface area (TPSA) is 49.8 Å². The summed E-state index contributed by atoms with van der Waals surface area (Å²) in [6.45, 7) is 1.07. The minimum Gasteiger partial charge on any atom is -0.496 e. The van der Waals surface area contributed by atoms with E-state index in [1.165, 1.54) is 12.0 Å². The first-order valence-electron chi connectivity index (χ1n) is 8.49. The van der Waals surface area contributed by atoms with Crippen LogP contribution < -0.4 is 4.74 Å². The van der Waals surface area contributed by atoms with E-state index in [9.17, 15) is 18.0 Å². The molecule has 7 heteroatoms. The molecule has 2 rings (SSSR count). The van der Waals surface area contributed by atoms with Crippen molar-refractivity contribution in [3.8, 4) is 16.9 Å². The van der Waals surface area contributed by atoms with E-state index in [1.54, 1.807) is 49.4 Å². The predicted octanol–water partition coefficient (Wildman–Crippen LogP) is 4.37. The zero-order valence-corrected chi connectivity index (χ0v) is 15.2. The SMILES string of the molecule is CCN(Cc1ccccc1-c1cc(CC(=O)O)ccc1OC)CC(F)(F)F. The van der Waals surface area contributed by atoms with Gasteiger partial charge < -0.3 is 9.84 Å². The summed E-state index contributed by atoms with van der Waals surface area (Å²) in [5.74, 6) is -0.419. The van der Waals surface area contributed by atoms with E-state index >= 15 is 0 Å². The lowest BCUT2D eigenvalue weighted by atomic mass is 9.96. The third-order valence-corrected chi connectivity index (χ3v) is 4.17. The molecule has 0 atom stereocenters. The Kier molecular flexibility index (Phi) is 6.85. The highest BCUT2D eigenvalue weighted by Crippen LogP contribution is 2.34. The Hall–Kier alpha value is -2.54. The Bertz CT molecular complexity index is 790. The highest BCUT2D eigenvalue weighted by Gasteiger charge is 2.30. The normalized spacial score (nSPS) is 11.6. The van der Waals surface area contributed by atoms with Gasteiger partial charge in [0.05, 0.1) is 20.1 Å². The molecular weight excluding hydrogens is 359 g/mol. The third-order valence-electron chi connectivity index (χ3n) is 4.17. The van der Waals surface area contributed by atoms with Gasteiger partial charge in [-0.15, -0.1) is 0 Å². The summed E-state index contributed by atoms with van der Waals surface area (Å²) in [6.07, 6.45) is -4.42. The smallest absolute Gasteiger partial charge is 0.401 e. The molecule has 2 aromatic carbocycles. The van der Waals surface area contributed by atoms with Gasteiger partial charge in [-0.1, -0.05) is 37.3 Å². The molecule has 0 aliphatic rings. The fourth-order valence-electron chi connectivity index (χ4n) is 2.95. The molecule has 0 fully saturated rings. The molecule has 0 amide bonds. The van der Waals surface area contributed by atoms with E-state index in [4.69, 9.17) is 9.84 Å². The zero-order chi connectivity index (χ0) is 20.0. The fraction of sp³-hybridized carbons (Fsp3) is 0.350. The summed E-state index contributed by atoms with van der Waals surface area (Å²) in [5.41, 5.74) is 2.70. The van der Waals surface area contributed by atoms with E-state index < -0.39 is 18.7 Å². The quantitative estimate of drug-likeness (QED) is 0.738. The highest BCUT2D eigenvalue weighted by atomic mass is 19.4. The minimum atomic E-state index is -4.27. The molecule has 0 aromatic heterocycles. The van der Waals surface area contributed by atoms with Crippen molar-refractivity contribution in [1.29, 1.82) is 0 Å². The van der Waals surface area contributed by atoms with Gasteiger partial charge in [-0.2, -0.15) is 13.2 Å². The number of hydrogen-bond acceptors (Lipinski definition) is 3. The van der Waals surface area contributed by atoms with Crippen LogP contribution in [0.2, 0.25) is 0 Å². The Morgan fingerprint density at radius 3 is 2.44 bits per heavy atom. The predicted molar refractivity (Wildman–Crippen MR) is 96.8 cm³/mol. The molecule has 0 saturated heterocycles. The van der Waals surface area contributed by atoms with Crippen molar-refractivity contribution < 1.29 is 27.8 Å². The van der Waals surface area contributed by atoms with Crippen molar-refractivity contribution in [1.82, 2.24) is 4.90 Å². The number of hydrogen-bond donors (Lipinski definition) is 1. The van der Waals surface area contributed by atoms with E-state index in [-0.39, 0.29) is 19.5 Å². The number of nitrogens with zero attached hydrogens (tertiary/aromatic N) is 1. The van der Waals surface area contributed by atoms with Crippen LogP contribution in [0, 0.1) is 0 Å². The first-order valence-corrected chi connectivity index (χ1v) is 8.49. The van der Waals surface area contributed by atoms with E-state index in [1.807, 2.05) is 0 Å². The molecule has 0 aliphatic carbocycles. The second kappa shape index (κ2) is 8.90. The van der Waals surface area contributed by atoms with Crippen LogP contribution in [0.15, 0.2) is 42.5 Å². The maximum Gasteiger partial charge on any atom is 0.401 e. The van der Waals surface area contributed by atoms with Crippen LogP contribution in [0.5, 0.6) is 5.75 Å². The molecular formula is C20H22F3NO3. The molecule has 27 heavy (non-hydrogen) atoms. The summed E-state index contributed by atoms with van der Waals surface area (Å²) < 4.78 is 43.8. The van der Waals surface area contributed by atoms with E-state index in [2.05, 4.69) is 0 Å². The summed E-state index contributed by atoms with van der Waals surface area (Å²) in [7, 11) is 1.50. The molecule has 0 radical (unpaired) electrons. The first-order chi connectivity index (χ1) is 12.7. The van der Waals surface area contributed by atoms with E-state index in [0.29, 0.717) is 16.9 Å². The maximum atomic E-state index is 12.8. The van der Waals surface area contributed by atoms with Crippen molar-refractivity contribution in [3.05, 3.63) is 53.6 Å². The molecule has 1 N–H and O–H groups in total. The number of halogens is 3. The Morgan fingerprint density at radius 1 is 1.15 bits per heavy atom. The molecule has 0 aliphatic heterocycles. The van der Waals surface area contributed by atoms with Gasteiger partial charge in [-0.05, 0) is 35.4 Å². The number of alkyl halides is 3. The van der Waals surface area contributed by atoms with Crippen molar-refractivity contribution >= 4 is 5.97 Å². The Morgan fingerprint density at radius 2 is 1.85 bits per heavy atom. The van der Waals surface area contributed by atoms with Crippen molar-refractivity contribution in [2.75, 3.05) is 20.2 Å². The molecule has 0 unspecified atom stereocenters. The minimum absolute atomic E-state index is 0.124. The number of carboxylic acid groups (broad SMARTS) is 1. The molecule has 4 nitrogen and oxygen atoms in total. The number of rotatable bonds is 8. The standard InChI is InChI=1S/C20H22F3NO3/c1-3-24(13-20(21,22)23)12-15-6-4-5-7-16(15)17-10-14(11-19(25)26)8-9-18(17)27-2/h4-10H,3,11-13H2,1-2H3,(H,25,26). The van der Waals surface area contributed by atoms with Gasteiger partial charge in [0.1, 0.15) is 5.75 Å². The van der Waals surface area contributed by atoms with Gasteiger partial charge >= 0.3 is 12.1 Å². The number of benzene rings is 2. The summed E-state index contributed by atoms with van der Waals surface area (Å²) >= 11 is 0. The molecule has 0 bridgehead atoms. The summed E-state index contributed by atoms with van der Waals surface area (Å²) in [6, 6.07) is 12.2. The number of ether oxygens (including phenoxy) is 1. The molecule has 0 heterocycles. The van der Waals surface area contributed by atoms with Crippen LogP contribution in [0.25, 0.3) is 11.1 Å². The van der Waals surface area contributed by atoms with Crippen LogP contribution in [0.1, 0.15) is 18.1 Å². The van der Waals surface area contributed by atoms with Crippen LogP contribution in [-0.4, -0.2) is 42.4 Å². The molecule has 0 saturated carbocycles. The van der Waals surface area contributed by atoms with Crippen LogP contribution >= 0.6 is 0 Å². The maximum absolute atomic E-state index is 12.8. The van der Waals surface area contributed by atoms with Crippen LogP contribution in [0.3, 0.4) is 0 Å². The average Bonchev–Trinajstić information content (AvgIpc) is 2.60. The van der Waals surface area contributed by atoms with Gasteiger partial charge in [0.25, 0.3) is 0 Å². The number of aliphatic carboxylic acids is 1. The Balaban J connectivity index is 2.43. The largest absolute Gasteiger partial charge is 0.496 e. The van der Waals surface area contributed by atoms with Gasteiger partial charge in [0.2, 0.25) is 0 Å². The lowest BCUT2D eigenvalue weighted by Gasteiger charge is -2.23. The summed E-state index contributed by atoms with van der Waals surface area (Å²) in [5, 5.41) is 9.02. The van der Waals surface area contributed by atoms with E-state index in [0.717, 1.165) is 11.1 Å². The number of carbonyl (C=O) groups is 1.